The molecule has 45 heavy (non-hydrogen) atoms. The molecule has 0 radical (unpaired) electrons. The number of aromatic nitrogens is 2. The average molecular weight is 673 g/mol. The van der Waals surface area contributed by atoms with Crippen molar-refractivity contribution in [2.75, 3.05) is 44.1 Å². The van der Waals surface area contributed by atoms with Gasteiger partial charge in [0.05, 0.1) is 42.0 Å². The monoisotopic (exact) mass is 672 g/mol. The minimum absolute atomic E-state index is 0.00548. The highest BCUT2D eigenvalue weighted by Gasteiger charge is 2.40. The zero-order chi connectivity index (χ0) is 32.8. The number of ether oxygens (including phenoxy) is 2. The minimum atomic E-state index is -5.00. The summed E-state index contributed by atoms with van der Waals surface area (Å²) in [5.41, 5.74) is -2.96. The normalized spacial score (nSPS) is 20.4. The predicted octanol–water partition coefficient (Wildman–Crippen LogP) is 5.76. The highest BCUT2D eigenvalue weighted by Crippen LogP contribution is 2.49. The Bertz CT molecular complexity index is 1710. The fraction of sp³-hybridized carbons (Fsp3) is 0.433. The number of benzene rings is 2. The summed E-state index contributed by atoms with van der Waals surface area (Å²) in [6.45, 7) is 7.82. The molecule has 2 aliphatic heterocycles. The quantitative estimate of drug-likeness (QED) is 0.137. The maximum absolute atomic E-state index is 15.3. The molecule has 2 aromatic carbocycles. The Labute approximate surface area is 264 Å². The van der Waals surface area contributed by atoms with Crippen molar-refractivity contribution in [2.24, 2.45) is 0 Å². The van der Waals surface area contributed by atoms with Gasteiger partial charge >= 0.3 is 11.9 Å². The van der Waals surface area contributed by atoms with E-state index in [0.717, 1.165) is 23.9 Å². The van der Waals surface area contributed by atoms with E-state index >= 15 is 4.39 Å². The number of alkyl halides is 3. The van der Waals surface area contributed by atoms with E-state index in [4.69, 9.17) is 21.1 Å². The number of thioether (sulfide) groups is 1. The van der Waals surface area contributed by atoms with Crippen molar-refractivity contribution in [1.82, 2.24) is 14.5 Å². The van der Waals surface area contributed by atoms with E-state index in [1.54, 1.807) is 23.6 Å². The highest BCUT2D eigenvalue weighted by molar-refractivity contribution is 7.99. The Morgan fingerprint density at radius 1 is 1.13 bits per heavy atom. The Kier molecular flexibility index (Phi) is 9.50. The van der Waals surface area contributed by atoms with Crippen molar-refractivity contribution in [3.63, 3.8) is 0 Å². The van der Waals surface area contributed by atoms with Crippen LogP contribution in [0.3, 0.4) is 0 Å². The maximum atomic E-state index is 15.3. The van der Waals surface area contributed by atoms with Crippen molar-refractivity contribution in [3.05, 3.63) is 63.6 Å². The van der Waals surface area contributed by atoms with Crippen LogP contribution in [-0.4, -0.2) is 77.7 Å². The van der Waals surface area contributed by atoms with E-state index in [9.17, 15) is 27.2 Å². The fourth-order valence-electron chi connectivity index (χ4n) is 6.02. The number of piperazine rings is 1. The van der Waals surface area contributed by atoms with Gasteiger partial charge in [0, 0.05) is 65.5 Å². The first kappa shape index (κ1) is 33.2. The smallest absolute Gasteiger partial charge is 0.382 e. The van der Waals surface area contributed by atoms with E-state index in [-0.39, 0.29) is 66.1 Å². The van der Waals surface area contributed by atoms with Gasteiger partial charge in [-0.3, -0.25) is 9.36 Å². The van der Waals surface area contributed by atoms with Gasteiger partial charge in [-0.05, 0) is 32.1 Å². The molecule has 5 rings (SSSR count). The maximum Gasteiger partial charge on any atom is 0.417 e. The number of amides is 1. The Balaban J connectivity index is 1.81. The molecule has 3 aromatic rings. The lowest BCUT2D eigenvalue weighted by Gasteiger charge is -2.44. The fourth-order valence-corrected chi connectivity index (χ4v) is 7.46. The van der Waals surface area contributed by atoms with E-state index in [2.05, 4.69) is 11.6 Å². The molecular weight excluding hydrogens is 643 g/mol. The third-order valence-electron chi connectivity index (χ3n) is 7.87. The summed E-state index contributed by atoms with van der Waals surface area (Å²) in [5, 5.41) is -0.545. The van der Waals surface area contributed by atoms with Crippen LogP contribution in [0.15, 0.2) is 40.5 Å². The number of nitrogens with zero attached hydrogens (tertiary/aromatic N) is 4. The molecular formula is C30H30ClF5N4O4S. The molecule has 1 aromatic heterocycles. The van der Waals surface area contributed by atoms with Crippen LogP contribution in [0.4, 0.5) is 27.8 Å². The molecule has 0 saturated carbocycles. The lowest BCUT2D eigenvalue weighted by Crippen LogP contribution is -2.58. The van der Waals surface area contributed by atoms with E-state index in [1.165, 1.54) is 17.8 Å². The third-order valence-corrected chi connectivity index (χ3v) is 9.39. The van der Waals surface area contributed by atoms with Crippen LogP contribution >= 0.6 is 23.4 Å². The summed E-state index contributed by atoms with van der Waals surface area (Å²) < 4.78 is 86.4. The van der Waals surface area contributed by atoms with Crippen LogP contribution in [-0.2, 0) is 27.0 Å². The van der Waals surface area contributed by atoms with Gasteiger partial charge in [0.15, 0.2) is 0 Å². The first-order valence-electron chi connectivity index (χ1n) is 14.0. The molecule has 3 atom stereocenters. The van der Waals surface area contributed by atoms with Crippen molar-refractivity contribution < 1.29 is 36.2 Å². The molecule has 0 spiro atoms. The molecule has 0 N–H and O–H groups in total. The van der Waals surface area contributed by atoms with Gasteiger partial charge in [-0.15, -0.1) is 11.8 Å². The van der Waals surface area contributed by atoms with Crippen LogP contribution in [0.2, 0.25) is 5.02 Å². The van der Waals surface area contributed by atoms with E-state index < -0.39 is 63.4 Å². The number of halogens is 6. The molecule has 8 nitrogen and oxygen atoms in total. The van der Waals surface area contributed by atoms with Gasteiger partial charge in [-0.1, -0.05) is 18.2 Å². The van der Waals surface area contributed by atoms with E-state index in [1.807, 2.05) is 0 Å². The van der Waals surface area contributed by atoms with E-state index in [0.29, 0.717) is 6.07 Å². The topological polar surface area (TPSA) is 76.9 Å². The highest BCUT2D eigenvalue weighted by atomic mass is 35.5. The molecule has 1 amide bonds. The van der Waals surface area contributed by atoms with Crippen LogP contribution in [0.25, 0.3) is 22.0 Å². The molecule has 0 bridgehead atoms. The zero-order valence-electron chi connectivity index (χ0n) is 24.6. The van der Waals surface area contributed by atoms with Crippen molar-refractivity contribution in [2.45, 2.75) is 49.7 Å². The van der Waals surface area contributed by atoms with Crippen LogP contribution < -0.4 is 10.6 Å². The predicted molar refractivity (Wildman–Crippen MR) is 162 cm³/mol. The zero-order valence-corrected chi connectivity index (χ0v) is 26.2. The van der Waals surface area contributed by atoms with Crippen molar-refractivity contribution >= 4 is 46.0 Å². The van der Waals surface area contributed by atoms with Gasteiger partial charge in [-0.2, -0.15) is 18.2 Å². The summed E-state index contributed by atoms with van der Waals surface area (Å²) in [7, 11) is 1.49. The number of hydrogen-bond acceptors (Lipinski definition) is 7. The first-order chi connectivity index (χ1) is 21.3. The molecule has 1 fully saturated rings. The number of rotatable bonds is 7. The Morgan fingerprint density at radius 2 is 1.82 bits per heavy atom. The van der Waals surface area contributed by atoms with Gasteiger partial charge in [0.2, 0.25) is 5.91 Å². The van der Waals surface area contributed by atoms with Gasteiger partial charge < -0.3 is 19.3 Å². The molecule has 2 aliphatic rings. The second-order valence-electron chi connectivity index (χ2n) is 10.9. The summed E-state index contributed by atoms with van der Waals surface area (Å²) in [6, 6.07) is 1.33. The summed E-state index contributed by atoms with van der Waals surface area (Å²) in [5.74, 6) is -2.55. The molecule has 242 valence electrons. The SMILES string of the molecule is C=CC(=O)N1[C@H](C)CN(c2nc(=O)n3c4c(c(-c5cc(Cl)c(F)cc5F)c(C(F)(F)F)cc24)SC[C@H](OCCOC)C3)C[C@@H]1C. The lowest BCUT2D eigenvalue weighted by atomic mass is 9.95. The van der Waals surface area contributed by atoms with Crippen molar-refractivity contribution in [1.29, 1.82) is 0 Å². The Morgan fingerprint density at radius 3 is 2.44 bits per heavy atom. The summed E-state index contributed by atoms with van der Waals surface area (Å²) in [6.07, 6.45) is -4.44. The Hall–Kier alpha value is -3.20. The largest absolute Gasteiger partial charge is 0.417 e. The molecule has 15 heteroatoms. The second kappa shape index (κ2) is 12.9. The van der Waals surface area contributed by atoms with Gasteiger partial charge in [0.1, 0.15) is 17.5 Å². The number of methoxy groups -OCH3 is 1. The summed E-state index contributed by atoms with van der Waals surface area (Å²) in [4.78, 5) is 33.8. The minimum Gasteiger partial charge on any atom is -0.382 e. The number of carbonyl (C=O) groups is 1. The van der Waals surface area contributed by atoms with Crippen LogP contribution in [0.1, 0.15) is 19.4 Å². The number of hydrogen-bond donors (Lipinski definition) is 0. The lowest BCUT2D eigenvalue weighted by molar-refractivity contribution is -0.137. The molecule has 0 unspecified atom stereocenters. The molecule has 1 saturated heterocycles. The van der Waals surface area contributed by atoms with Crippen LogP contribution in [0.5, 0.6) is 0 Å². The van der Waals surface area contributed by atoms with Gasteiger partial charge in [0.25, 0.3) is 0 Å². The van der Waals surface area contributed by atoms with Crippen molar-refractivity contribution in [3.8, 4) is 11.1 Å². The average Bonchev–Trinajstić information content (AvgIpc) is 3.16. The van der Waals surface area contributed by atoms with Crippen LogP contribution in [0, 0.1) is 11.6 Å². The first-order valence-corrected chi connectivity index (χ1v) is 15.4. The second-order valence-corrected chi connectivity index (χ2v) is 12.4. The molecule has 3 heterocycles. The number of carbonyl (C=O) groups excluding carboxylic acids is 1. The summed E-state index contributed by atoms with van der Waals surface area (Å²) >= 11 is 6.92. The standard InChI is InChI=1S/C30H30ClF5N4O4S/c1-5-24(41)40-15(2)11-38(12-16(40)3)28-19-8-20(30(34,35)36)25(18-9-21(31)23(33)10-22(18)32)27-26(19)39(29(42)37-28)13-17(14-45-27)44-7-6-43-4/h5,8-10,15-17H,1,6-7,11-14H2,2-4H3/t15-,16+,17-/m1/s1. The third kappa shape index (κ3) is 6.29. The number of anilines is 1. The molecule has 0 aliphatic carbocycles. The van der Waals surface area contributed by atoms with Gasteiger partial charge in [-0.25, -0.2) is 13.6 Å².